The Balaban J connectivity index is 1.94. The van der Waals surface area contributed by atoms with Crippen LogP contribution in [0.5, 0.6) is 11.5 Å². The molecule has 20 heavy (non-hydrogen) atoms. The number of hydrogen-bond acceptors (Lipinski definition) is 4. The van der Waals surface area contributed by atoms with Crippen LogP contribution in [0.2, 0.25) is 5.02 Å². The first-order valence-corrected chi connectivity index (χ1v) is 6.68. The third-order valence-corrected chi connectivity index (χ3v) is 3.12. The van der Waals surface area contributed by atoms with Gasteiger partial charge >= 0.3 is 0 Å². The van der Waals surface area contributed by atoms with E-state index in [1.54, 1.807) is 31.8 Å². The van der Waals surface area contributed by atoms with E-state index in [1.807, 2.05) is 10.8 Å². The van der Waals surface area contributed by atoms with Crippen molar-refractivity contribution in [3.63, 3.8) is 0 Å². The molecule has 0 spiro atoms. The normalized spacial score (nSPS) is 10.6. The number of rotatable bonds is 7. The van der Waals surface area contributed by atoms with Crippen molar-refractivity contribution >= 4 is 11.6 Å². The summed E-state index contributed by atoms with van der Waals surface area (Å²) >= 11 is 6.14. The second-order valence-corrected chi connectivity index (χ2v) is 4.68. The van der Waals surface area contributed by atoms with E-state index < -0.39 is 0 Å². The van der Waals surface area contributed by atoms with Crippen LogP contribution in [0.3, 0.4) is 0 Å². The SMILES string of the molecule is COc1cc(CO)cc(Cl)c1OCCCn1ccnc1. The number of aryl methyl sites for hydroxylation is 1. The summed E-state index contributed by atoms with van der Waals surface area (Å²) in [7, 11) is 1.55. The van der Waals surface area contributed by atoms with E-state index >= 15 is 0 Å². The van der Waals surface area contributed by atoms with Crippen molar-refractivity contribution < 1.29 is 14.6 Å². The highest BCUT2D eigenvalue weighted by atomic mass is 35.5. The Morgan fingerprint density at radius 3 is 2.90 bits per heavy atom. The maximum absolute atomic E-state index is 9.13. The molecule has 0 aliphatic heterocycles. The number of benzene rings is 1. The lowest BCUT2D eigenvalue weighted by atomic mass is 10.2. The largest absolute Gasteiger partial charge is 0.493 e. The molecule has 0 unspecified atom stereocenters. The zero-order valence-electron chi connectivity index (χ0n) is 11.3. The van der Waals surface area contributed by atoms with E-state index in [2.05, 4.69) is 4.98 Å². The van der Waals surface area contributed by atoms with Crippen LogP contribution in [-0.2, 0) is 13.2 Å². The summed E-state index contributed by atoms with van der Waals surface area (Å²) in [6.45, 7) is 1.26. The van der Waals surface area contributed by atoms with Crippen molar-refractivity contribution in [2.75, 3.05) is 13.7 Å². The first-order valence-electron chi connectivity index (χ1n) is 6.30. The molecule has 1 N–H and O–H groups in total. The quantitative estimate of drug-likeness (QED) is 0.798. The number of nitrogens with zero attached hydrogens (tertiary/aromatic N) is 2. The van der Waals surface area contributed by atoms with Crippen molar-refractivity contribution in [2.24, 2.45) is 0 Å². The molecule has 1 aromatic heterocycles. The molecule has 0 aliphatic carbocycles. The standard InChI is InChI=1S/C14H17ClN2O3/c1-19-13-8-11(9-18)7-12(15)14(13)20-6-2-4-17-5-3-16-10-17/h3,5,7-8,10,18H,2,4,6,9H2,1H3. The predicted octanol–water partition coefficient (Wildman–Crippen LogP) is 2.51. The van der Waals surface area contributed by atoms with Gasteiger partial charge in [0.15, 0.2) is 11.5 Å². The summed E-state index contributed by atoms with van der Waals surface area (Å²) < 4.78 is 12.9. The highest BCUT2D eigenvalue weighted by Gasteiger charge is 2.11. The van der Waals surface area contributed by atoms with E-state index in [1.165, 1.54) is 0 Å². The summed E-state index contributed by atoms with van der Waals surface area (Å²) in [5, 5.41) is 9.57. The number of imidazole rings is 1. The van der Waals surface area contributed by atoms with Crippen LogP contribution in [0.25, 0.3) is 0 Å². The van der Waals surface area contributed by atoms with Gasteiger partial charge in [-0.25, -0.2) is 4.98 Å². The highest BCUT2D eigenvalue weighted by Crippen LogP contribution is 2.36. The molecular formula is C14H17ClN2O3. The summed E-state index contributed by atoms with van der Waals surface area (Å²) in [5.41, 5.74) is 0.692. The van der Waals surface area contributed by atoms with Crippen LogP contribution >= 0.6 is 11.6 Å². The molecule has 6 heteroatoms. The van der Waals surface area contributed by atoms with Crippen LogP contribution in [-0.4, -0.2) is 28.4 Å². The minimum absolute atomic E-state index is 0.0863. The van der Waals surface area contributed by atoms with E-state index in [0.717, 1.165) is 13.0 Å². The number of hydrogen-bond donors (Lipinski definition) is 1. The molecule has 0 aliphatic rings. The Morgan fingerprint density at radius 1 is 1.40 bits per heavy atom. The lowest BCUT2D eigenvalue weighted by Gasteiger charge is -2.13. The van der Waals surface area contributed by atoms with Gasteiger partial charge in [0.2, 0.25) is 0 Å². The van der Waals surface area contributed by atoms with Crippen molar-refractivity contribution in [3.8, 4) is 11.5 Å². The number of aliphatic hydroxyl groups is 1. The Labute approximate surface area is 122 Å². The van der Waals surface area contributed by atoms with Gasteiger partial charge in [-0.3, -0.25) is 0 Å². The number of methoxy groups -OCH3 is 1. The zero-order valence-corrected chi connectivity index (χ0v) is 12.0. The smallest absolute Gasteiger partial charge is 0.179 e. The van der Waals surface area contributed by atoms with Gasteiger partial charge < -0.3 is 19.1 Å². The van der Waals surface area contributed by atoms with Crippen molar-refractivity contribution in [3.05, 3.63) is 41.4 Å². The lowest BCUT2D eigenvalue weighted by molar-refractivity contribution is 0.274. The first-order chi connectivity index (χ1) is 9.74. The summed E-state index contributed by atoms with van der Waals surface area (Å²) in [6, 6.07) is 3.40. The van der Waals surface area contributed by atoms with Gasteiger partial charge in [0.1, 0.15) is 0 Å². The van der Waals surface area contributed by atoms with E-state index in [9.17, 15) is 0 Å². The third kappa shape index (κ3) is 3.65. The van der Waals surface area contributed by atoms with E-state index in [4.69, 9.17) is 26.2 Å². The summed E-state index contributed by atoms with van der Waals surface area (Å²) in [4.78, 5) is 3.98. The van der Waals surface area contributed by atoms with Gasteiger partial charge in [-0.2, -0.15) is 0 Å². The predicted molar refractivity (Wildman–Crippen MR) is 76.3 cm³/mol. The fraction of sp³-hybridized carbons (Fsp3) is 0.357. The maximum atomic E-state index is 9.13. The number of aliphatic hydroxyl groups excluding tert-OH is 1. The minimum Gasteiger partial charge on any atom is -0.493 e. The summed E-state index contributed by atoms with van der Waals surface area (Å²) in [6.07, 6.45) is 6.25. The van der Waals surface area contributed by atoms with Gasteiger partial charge in [-0.1, -0.05) is 11.6 Å². The molecule has 0 bridgehead atoms. The lowest BCUT2D eigenvalue weighted by Crippen LogP contribution is -2.04. The number of ether oxygens (including phenoxy) is 2. The molecule has 0 saturated carbocycles. The molecule has 2 rings (SSSR count). The van der Waals surface area contributed by atoms with E-state index in [-0.39, 0.29) is 6.61 Å². The van der Waals surface area contributed by atoms with Gasteiger partial charge in [0, 0.05) is 18.9 Å². The number of aromatic nitrogens is 2. The van der Waals surface area contributed by atoms with Crippen LogP contribution in [0.15, 0.2) is 30.9 Å². The molecule has 0 amide bonds. The number of halogens is 1. The zero-order chi connectivity index (χ0) is 14.4. The average Bonchev–Trinajstić information content (AvgIpc) is 2.97. The topological polar surface area (TPSA) is 56.5 Å². The minimum atomic E-state index is -0.0863. The fourth-order valence-electron chi connectivity index (χ4n) is 1.84. The van der Waals surface area contributed by atoms with Crippen LogP contribution < -0.4 is 9.47 Å². The third-order valence-electron chi connectivity index (χ3n) is 2.84. The molecule has 0 saturated heterocycles. The van der Waals surface area contributed by atoms with Gasteiger partial charge in [0.25, 0.3) is 0 Å². The first kappa shape index (κ1) is 14.7. The van der Waals surface area contributed by atoms with Crippen LogP contribution in [0.1, 0.15) is 12.0 Å². The highest BCUT2D eigenvalue weighted by molar-refractivity contribution is 6.32. The molecule has 0 fully saturated rings. The Bertz CT molecular complexity index is 544. The van der Waals surface area contributed by atoms with Crippen LogP contribution in [0.4, 0.5) is 0 Å². The average molecular weight is 297 g/mol. The van der Waals surface area contributed by atoms with E-state index in [0.29, 0.717) is 28.7 Å². The van der Waals surface area contributed by atoms with Gasteiger partial charge in [-0.15, -0.1) is 0 Å². The Morgan fingerprint density at radius 2 is 2.25 bits per heavy atom. The Hall–Kier alpha value is -1.72. The fourth-order valence-corrected chi connectivity index (χ4v) is 2.13. The molecule has 1 aromatic carbocycles. The van der Waals surface area contributed by atoms with Gasteiger partial charge in [-0.05, 0) is 24.1 Å². The second kappa shape index (κ2) is 7.17. The molecule has 108 valence electrons. The second-order valence-electron chi connectivity index (χ2n) is 4.27. The van der Waals surface area contributed by atoms with Crippen molar-refractivity contribution in [2.45, 2.75) is 19.6 Å². The molecule has 0 atom stereocenters. The van der Waals surface area contributed by atoms with Crippen LogP contribution in [0, 0.1) is 0 Å². The van der Waals surface area contributed by atoms with Crippen molar-refractivity contribution in [1.82, 2.24) is 9.55 Å². The molecule has 5 nitrogen and oxygen atoms in total. The Kier molecular flexibility index (Phi) is 5.26. The van der Waals surface area contributed by atoms with Crippen molar-refractivity contribution in [1.29, 1.82) is 0 Å². The summed E-state index contributed by atoms with van der Waals surface area (Å²) in [5.74, 6) is 1.04. The molecule has 1 heterocycles. The molecule has 0 radical (unpaired) electrons. The molecule has 2 aromatic rings. The monoisotopic (exact) mass is 296 g/mol. The molecular weight excluding hydrogens is 280 g/mol. The van der Waals surface area contributed by atoms with Gasteiger partial charge in [0.05, 0.1) is 31.7 Å². The maximum Gasteiger partial charge on any atom is 0.179 e.